The average molecular weight is 236 g/mol. The quantitative estimate of drug-likeness (QED) is 0.736. The van der Waals surface area contributed by atoms with Gasteiger partial charge in [0.05, 0.1) is 17.2 Å². The van der Waals surface area contributed by atoms with Crippen LogP contribution in [0, 0.1) is 0 Å². The van der Waals surface area contributed by atoms with Crippen LogP contribution in [0.1, 0.15) is 18.5 Å². The molecule has 0 aliphatic carbocycles. The van der Waals surface area contributed by atoms with E-state index in [9.17, 15) is 10.2 Å². The summed E-state index contributed by atoms with van der Waals surface area (Å²) in [6.07, 6.45) is -0.792. The molecule has 0 spiro atoms. The van der Waals surface area contributed by atoms with Crippen molar-refractivity contribution >= 4 is 23.2 Å². The number of aliphatic hydroxyl groups is 1. The highest BCUT2D eigenvalue weighted by molar-refractivity contribution is 6.35. The Kier molecular flexibility index (Phi) is 3.61. The molecule has 0 aliphatic rings. The van der Waals surface area contributed by atoms with Crippen LogP contribution in [0.15, 0.2) is 12.1 Å². The summed E-state index contributed by atoms with van der Waals surface area (Å²) in [6, 6.07) is 2.09. The molecule has 0 heterocycles. The lowest BCUT2D eigenvalue weighted by Gasteiger charge is -2.17. The zero-order chi connectivity index (χ0) is 10.9. The number of halogens is 2. The minimum absolute atomic E-state index is 0.101. The lowest BCUT2D eigenvalue weighted by molar-refractivity contribution is 0.163. The Morgan fingerprint density at radius 3 is 2.36 bits per heavy atom. The number of hydrogen-bond acceptors (Lipinski definition) is 3. The van der Waals surface area contributed by atoms with Crippen molar-refractivity contribution in [2.45, 2.75) is 19.1 Å². The first-order valence-electron chi connectivity index (χ1n) is 4.05. The molecule has 1 aromatic carbocycles. The monoisotopic (exact) mass is 235 g/mol. The summed E-state index contributed by atoms with van der Waals surface area (Å²) in [5.41, 5.74) is 5.96. The molecule has 0 fully saturated rings. The molecule has 0 saturated carbocycles. The first-order valence-corrected chi connectivity index (χ1v) is 4.80. The Hall–Kier alpha value is -0.480. The van der Waals surface area contributed by atoms with Gasteiger partial charge in [-0.05, 0) is 19.1 Å². The molecule has 0 radical (unpaired) electrons. The van der Waals surface area contributed by atoms with E-state index in [2.05, 4.69) is 0 Å². The number of nitrogens with two attached hydrogens (primary N) is 1. The van der Waals surface area contributed by atoms with Crippen LogP contribution in [-0.4, -0.2) is 16.3 Å². The van der Waals surface area contributed by atoms with E-state index in [0.29, 0.717) is 10.6 Å². The van der Waals surface area contributed by atoms with Crippen LogP contribution in [-0.2, 0) is 0 Å². The fraction of sp³-hybridized carbons (Fsp3) is 0.333. The van der Waals surface area contributed by atoms with Crippen molar-refractivity contribution in [1.29, 1.82) is 0 Å². The second kappa shape index (κ2) is 4.36. The number of phenols is 1. The topological polar surface area (TPSA) is 66.5 Å². The molecular formula is C9H11Cl2NO2. The molecule has 0 saturated heterocycles. The molecule has 3 nitrogen and oxygen atoms in total. The van der Waals surface area contributed by atoms with Crippen molar-refractivity contribution in [1.82, 2.24) is 0 Å². The predicted molar refractivity (Wildman–Crippen MR) is 56.7 cm³/mol. The maximum atomic E-state index is 9.53. The van der Waals surface area contributed by atoms with Crippen LogP contribution in [0.4, 0.5) is 0 Å². The van der Waals surface area contributed by atoms with E-state index < -0.39 is 12.1 Å². The van der Waals surface area contributed by atoms with Gasteiger partial charge < -0.3 is 15.9 Å². The van der Waals surface area contributed by atoms with E-state index in [1.54, 1.807) is 0 Å². The van der Waals surface area contributed by atoms with E-state index in [-0.39, 0.29) is 10.8 Å². The van der Waals surface area contributed by atoms with Crippen LogP contribution in [0.3, 0.4) is 0 Å². The molecule has 5 heteroatoms. The highest BCUT2D eigenvalue weighted by Crippen LogP contribution is 2.34. The van der Waals surface area contributed by atoms with Gasteiger partial charge in [-0.25, -0.2) is 0 Å². The van der Waals surface area contributed by atoms with E-state index in [1.807, 2.05) is 0 Å². The van der Waals surface area contributed by atoms with Gasteiger partial charge >= 0.3 is 0 Å². The third-order valence-electron chi connectivity index (χ3n) is 1.93. The molecule has 78 valence electrons. The summed E-state index contributed by atoms with van der Waals surface area (Å²) in [5, 5.41) is 19.4. The molecule has 1 unspecified atom stereocenters. The number of benzene rings is 1. The maximum absolute atomic E-state index is 9.53. The highest BCUT2D eigenvalue weighted by atomic mass is 35.5. The highest BCUT2D eigenvalue weighted by Gasteiger charge is 2.19. The largest absolute Gasteiger partial charge is 0.507 e. The molecule has 0 amide bonds. The molecule has 1 rings (SSSR count). The summed E-state index contributed by atoms with van der Waals surface area (Å²) < 4.78 is 0. The van der Waals surface area contributed by atoms with E-state index in [0.717, 1.165) is 0 Å². The van der Waals surface area contributed by atoms with E-state index in [1.165, 1.54) is 19.1 Å². The Balaban J connectivity index is 3.20. The fourth-order valence-corrected chi connectivity index (χ4v) is 1.75. The summed E-state index contributed by atoms with van der Waals surface area (Å²) in [6.45, 7) is 1.52. The van der Waals surface area contributed by atoms with Gasteiger partial charge in [-0.15, -0.1) is 0 Å². The van der Waals surface area contributed by atoms with Gasteiger partial charge in [0, 0.05) is 10.6 Å². The van der Waals surface area contributed by atoms with E-state index >= 15 is 0 Å². The SMILES string of the molecule is CC(O)[C@H](N)c1c(O)cc(Cl)cc1Cl. The fourth-order valence-electron chi connectivity index (χ4n) is 1.14. The third-order valence-corrected chi connectivity index (χ3v) is 2.46. The predicted octanol–water partition coefficient (Wildman–Crippen LogP) is 2.08. The minimum atomic E-state index is -0.792. The van der Waals surface area contributed by atoms with Crippen LogP contribution >= 0.6 is 23.2 Å². The van der Waals surface area contributed by atoms with Crippen molar-refractivity contribution in [3.63, 3.8) is 0 Å². The van der Waals surface area contributed by atoms with Crippen molar-refractivity contribution in [2.75, 3.05) is 0 Å². The third kappa shape index (κ3) is 2.30. The normalized spacial score (nSPS) is 15.2. The maximum Gasteiger partial charge on any atom is 0.123 e. The second-order valence-corrected chi connectivity index (χ2v) is 3.93. The van der Waals surface area contributed by atoms with Crippen molar-refractivity contribution in [2.24, 2.45) is 5.73 Å². The molecule has 1 aromatic rings. The zero-order valence-corrected chi connectivity index (χ0v) is 9.05. The van der Waals surface area contributed by atoms with Gasteiger partial charge in [-0.3, -0.25) is 0 Å². The van der Waals surface area contributed by atoms with Gasteiger partial charge in [0.1, 0.15) is 5.75 Å². The van der Waals surface area contributed by atoms with Crippen LogP contribution in [0.2, 0.25) is 10.0 Å². The van der Waals surface area contributed by atoms with Gasteiger partial charge in [-0.1, -0.05) is 23.2 Å². The number of rotatable bonds is 2. The smallest absolute Gasteiger partial charge is 0.123 e. The van der Waals surface area contributed by atoms with Gasteiger partial charge in [0.2, 0.25) is 0 Å². The average Bonchev–Trinajstić information content (AvgIpc) is 2.01. The second-order valence-electron chi connectivity index (χ2n) is 3.09. The Bertz CT molecular complexity index is 319. The van der Waals surface area contributed by atoms with Crippen LogP contribution in [0.25, 0.3) is 0 Å². The van der Waals surface area contributed by atoms with Crippen molar-refractivity contribution in [3.05, 3.63) is 27.7 Å². The lowest BCUT2D eigenvalue weighted by Crippen LogP contribution is -2.23. The first kappa shape index (κ1) is 11.6. The molecule has 2 atom stereocenters. The number of hydrogen-bond donors (Lipinski definition) is 3. The lowest BCUT2D eigenvalue weighted by atomic mass is 10.0. The molecule has 0 bridgehead atoms. The molecule has 0 aliphatic heterocycles. The molecular weight excluding hydrogens is 225 g/mol. The molecule has 14 heavy (non-hydrogen) atoms. The number of aliphatic hydroxyl groups excluding tert-OH is 1. The molecule has 4 N–H and O–H groups in total. The summed E-state index contributed by atoms with van der Waals surface area (Å²) >= 11 is 11.5. The Morgan fingerprint density at radius 1 is 1.36 bits per heavy atom. The van der Waals surface area contributed by atoms with Crippen molar-refractivity contribution < 1.29 is 10.2 Å². The zero-order valence-electron chi connectivity index (χ0n) is 7.54. The van der Waals surface area contributed by atoms with Crippen LogP contribution < -0.4 is 5.73 Å². The van der Waals surface area contributed by atoms with Crippen molar-refractivity contribution in [3.8, 4) is 5.75 Å². The Morgan fingerprint density at radius 2 is 1.93 bits per heavy atom. The summed E-state index contributed by atoms with van der Waals surface area (Å²) in [4.78, 5) is 0. The van der Waals surface area contributed by atoms with E-state index in [4.69, 9.17) is 28.9 Å². The van der Waals surface area contributed by atoms with Gasteiger partial charge in [0.15, 0.2) is 0 Å². The standard InChI is InChI=1S/C9H11Cl2NO2/c1-4(13)9(12)8-6(11)2-5(10)3-7(8)14/h2-4,9,13-14H,12H2,1H3/t4?,9-/m0/s1. The first-order chi connectivity index (χ1) is 6.43. The minimum Gasteiger partial charge on any atom is -0.507 e. The molecule has 0 aromatic heterocycles. The van der Waals surface area contributed by atoms with Crippen LogP contribution in [0.5, 0.6) is 5.75 Å². The summed E-state index contributed by atoms with van der Waals surface area (Å²) in [5.74, 6) is -0.101. The number of phenolic OH excluding ortho intramolecular Hbond substituents is 1. The Labute approximate surface area is 92.1 Å². The number of aromatic hydroxyl groups is 1. The van der Waals surface area contributed by atoms with Gasteiger partial charge in [-0.2, -0.15) is 0 Å². The van der Waals surface area contributed by atoms with Gasteiger partial charge in [0.25, 0.3) is 0 Å². The summed E-state index contributed by atoms with van der Waals surface area (Å²) in [7, 11) is 0.